The summed E-state index contributed by atoms with van der Waals surface area (Å²) in [6, 6.07) is 0. The van der Waals surface area contributed by atoms with E-state index >= 15 is 0 Å². The number of H-pyrrole nitrogens is 2. The Morgan fingerprint density at radius 1 is 0.450 bits per heavy atom. The number of azide groups is 2. The number of nitrogens with two attached hydrogens (primary N) is 1. The number of hydrogen-bond acceptors (Lipinski definition) is 42. The van der Waals surface area contributed by atoms with Gasteiger partial charge in [0.1, 0.15) is 30.4 Å². The molecule has 5 rings (SSSR count). The van der Waals surface area contributed by atoms with Crippen LogP contribution in [0, 0.1) is 13.8 Å². The standard InChI is InChI=1S/C21H39N5O24P6.C16H33N3O23P6.C9H11N3O4/c1-15-13-26(21(30)24-20(15)29)19-12-17(28)18(45-19)14-44-52(33,34)47-54(37,38)49-56(41,42)50-55(39,40)48-53(35,36)46-51(31,32)43-11-6-4-2-3-5-8-16(27)9-7-10-23-25-22;1-11-9-19(16(22)18-15(11)21)14-8-12(20)13(37-14)10-36-44(25,26)39-46(29,30)41-48(33,34)42-47(31,32)40-45(27,28)38-43(23,24)35-7-5-3-2-4-6-17;10-12-11-5-1-2-8(15)16-9-6(13)3-4-7(9)14/h13,17-19,28H,2-12,14H2,1H3,(H,31,32)(H,33,34)(H,35,36)(H,37,38)(H,39,40)(H,41,42)(H,24,29,30);9,12-14,20H,2-8,10,17H2,1H3,(H,23,24)(H,25,26)(H,27,28)(H,29,30)(H,31,32)(H,33,34)(H,18,21,22);9H,1-5H2/t17?,18-,19-;12?,13-,14-;/m11./s1. The van der Waals surface area contributed by atoms with Gasteiger partial charge in [0.15, 0.2) is 11.6 Å². The van der Waals surface area contributed by atoms with E-state index in [-0.39, 0.29) is 92.9 Å². The fraction of sp³-hybridized carbons (Fsp3) is 0.739. The first-order valence-corrected chi connectivity index (χ1v) is 51.5. The summed E-state index contributed by atoms with van der Waals surface area (Å²) >= 11 is 0. The molecule has 0 amide bonds. The van der Waals surface area contributed by atoms with Gasteiger partial charge in [0.2, 0.25) is 6.10 Å². The number of Topliss-reactive ketones (excluding diaryl/α,β-unsaturated/α-hetero) is 3. The first-order valence-electron chi connectivity index (χ1n) is 33.5. The highest BCUT2D eigenvalue weighted by Crippen LogP contribution is 2.77. The van der Waals surface area contributed by atoms with Gasteiger partial charge in [-0.15, -0.1) is 0 Å². The van der Waals surface area contributed by atoms with Gasteiger partial charge < -0.3 is 88.9 Å². The maximum atomic E-state index is 12.2. The largest absolute Gasteiger partial charge is 0.490 e. The smallest absolute Gasteiger partial charge is 0.446 e. The van der Waals surface area contributed by atoms with E-state index in [0.29, 0.717) is 70.8 Å². The number of unbranched alkanes of at least 4 members (excludes halogenated alkanes) is 7. The number of aryl methyl sites for hydroxylation is 2. The number of aromatic nitrogens is 4. The lowest BCUT2D eigenvalue weighted by molar-refractivity contribution is -0.157. The van der Waals surface area contributed by atoms with Crippen LogP contribution in [-0.4, -0.2) is 188 Å². The molecule has 2 aromatic heterocycles. The van der Waals surface area contributed by atoms with Crippen LogP contribution in [0.15, 0.2) is 41.8 Å². The molecular formula is C46H83N11O51P12. The highest BCUT2D eigenvalue weighted by atomic mass is 31.3. The van der Waals surface area contributed by atoms with E-state index in [9.17, 15) is 162 Å². The fourth-order valence-corrected chi connectivity index (χ4v) is 25.0. The van der Waals surface area contributed by atoms with Crippen LogP contribution in [0.5, 0.6) is 0 Å². The van der Waals surface area contributed by atoms with E-state index in [1.54, 1.807) is 0 Å². The molecular weight excluding hydrogens is 1890 g/mol. The van der Waals surface area contributed by atoms with Crippen molar-refractivity contribution in [3.8, 4) is 0 Å². The molecule has 0 aromatic carbocycles. The minimum Gasteiger partial charge on any atom is -0.446 e. The first kappa shape index (κ1) is 110. The maximum absolute atomic E-state index is 12.2. The van der Waals surface area contributed by atoms with E-state index in [1.165, 1.54) is 13.8 Å². The van der Waals surface area contributed by atoms with Crippen LogP contribution in [0.1, 0.15) is 139 Å². The number of phosphoric acid groups is 12. The van der Waals surface area contributed by atoms with Gasteiger partial charge in [0.05, 0.1) is 38.6 Å². The zero-order chi connectivity index (χ0) is 91.3. The van der Waals surface area contributed by atoms with Crippen LogP contribution in [0.2, 0.25) is 0 Å². The lowest BCUT2D eigenvalue weighted by Crippen LogP contribution is -2.33. The number of ketones is 3. The Kier molecular flexibility index (Phi) is 44.8. The van der Waals surface area contributed by atoms with Gasteiger partial charge in [-0.1, -0.05) is 42.3 Å². The highest BCUT2D eigenvalue weighted by molar-refractivity contribution is 7.73. The van der Waals surface area contributed by atoms with E-state index in [2.05, 4.69) is 81.3 Å². The molecule has 62 nitrogen and oxygen atoms in total. The Labute approximate surface area is 672 Å². The highest BCUT2D eigenvalue weighted by Gasteiger charge is 2.53. The van der Waals surface area contributed by atoms with Crippen LogP contribution in [0.3, 0.4) is 0 Å². The number of carbonyl (C=O) groups is 4. The van der Waals surface area contributed by atoms with Crippen molar-refractivity contribution >= 4 is 117 Å². The molecule has 18 N–H and O–H groups in total. The third kappa shape index (κ3) is 43.9. The van der Waals surface area contributed by atoms with Crippen molar-refractivity contribution in [2.75, 3.05) is 46.1 Å². The van der Waals surface area contributed by atoms with E-state index < -0.39 is 192 Å². The van der Waals surface area contributed by atoms with Crippen molar-refractivity contribution in [2.45, 2.75) is 172 Å². The van der Waals surface area contributed by atoms with Crippen molar-refractivity contribution in [1.29, 1.82) is 0 Å². The van der Waals surface area contributed by atoms with Gasteiger partial charge in [0.25, 0.3) is 11.1 Å². The quantitative estimate of drug-likeness (QED) is 0.00799. The molecule has 0 bridgehead atoms. The number of esters is 1. The van der Waals surface area contributed by atoms with Crippen molar-refractivity contribution in [3.05, 3.63) is 86.1 Å². The molecule has 2 saturated heterocycles. The number of nitrogens with one attached hydrogen (secondary N) is 2. The second kappa shape index (κ2) is 48.8. The molecule has 74 heteroatoms. The predicted octanol–water partition coefficient (Wildman–Crippen LogP) is 4.86. The van der Waals surface area contributed by atoms with Crippen LogP contribution in [0.4, 0.5) is 0 Å². The molecule has 14 unspecified atom stereocenters. The number of nitrogens with zero attached hydrogens (tertiary/aromatic N) is 8. The van der Waals surface area contributed by atoms with Crippen molar-refractivity contribution in [3.63, 3.8) is 0 Å². The third-order valence-corrected chi connectivity index (χ3v) is 32.8. The summed E-state index contributed by atoms with van der Waals surface area (Å²) in [5.74, 6) is -1.31. The predicted molar refractivity (Wildman–Crippen MR) is 390 cm³/mol. The molecule has 1 aliphatic carbocycles. The Morgan fingerprint density at radius 2 is 0.742 bits per heavy atom. The zero-order valence-electron chi connectivity index (χ0n) is 61.8. The minimum atomic E-state index is -6.48. The van der Waals surface area contributed by atoms with Crippen molar-refractivity contribution < 1.29 is 218 Å². The Balaban J connectivity index is 0.000000526. The van der Waals surface area contributed by atoms with Crippen molar-refractivity contribution in [2.24, 2.45) is 16.0 Å². The number of aromatic amines is 2. The van der Waals surface area contributed by atoms with Gasteiger partial charge in [0, 0.05) is 91.4 Å². The Morgan fingerprint density at radius 3 is 1.07 bits per heavy atom. The van der Waals surface area contributed by atoms with E-state index in [1.807, 2.05) is 9.97 Å². The first-order chi connectivity index (χ1) is 55.1. The molecule has 4 heterocycles. The SMILES string of the molecule is Cc1cn([C@H]2CC(O)[C@@H](COP(=O)(O)OP(=O)(O)OP(=O)(O)OP(=O)(O)OP(=O)(O)OP(=O)(O)OCCCCCCCC(=O)CCCN=[N+]=[N-])O2)c(=O)[nH]c1=O.Cc1cn([C@H]2CC(O)[C@@H](COP(=O)(O)OP(=O)(O)OP(=O)(O)OP(=O)(O)OP(=O)(O)OP(=O)(O)OCCCCCCN)O2)c(=O)[nH]c1=O.[N-]=[N+]=NCCCC(=O)OC1C(=O)CCC1=O. The summed E-state index contributed by atoms with van der Waals surface area (Å²) in [6.45, 7) is 0.247. The molecule has 18 atom stereocenters. The number of hydrogen-bond donors (Lipinski definition) is 17. The number of aliphatic hydroxyl groups excluding tert-OH is 2. The second-order valence-corrected chi connectivity index (χ2v) is 43.0. The molecule has 688 valence electrons. The molecule has 0 radical (unpaired) electrons. The molecule has 3 aliphatic rings. The lowest BCUT2D eigenvalue weighted by Gasteiger charge is -2.21. The number of carbonyl (C=O) groups excluding carboxylic acids is 4. The van der Waals surface area contributed by atoms with E-state index in [0.717, 1.165) is 21.5 Å². The topological polar surface area (TPSA) is 947 Å². The zero-order valence-corrected chi connectivity index (χ0v) is 72.5. The van der Waals surface area contributed by atoms with Crippen molar-refractivity contribution in [1.82, 2.24) is 19.1 Å². The average Bonchev–Trinajstić information content (AvgIpc) is 1.56. The normalized spacial score (nSPS) is 23.6. The minimum absolute atomic E-state index is 0.0173. The van der Waals surface area contributed by atoms with Gasteiger partial charge >= 0.3 is 111 Å². The Bertz CT molecular complexity index is 4840. The average molecular weight is 1980 g/mol. The van der Waals surface area contributed by atoms with E-state index in [4.69, 9.17) is 31.0 Å². The fourth-order valence-electron chi connectivity index (χ4n) is 9.30. The summed E-state index contributed by atoms with van der Waals surface area (Å²) in [4.78, 5) is 217. The number of rotatable bonds is 53. The Hall–Kier alpha value is -4.02. The summed E-state index contributed by atoms with van der Waals surface area (Å²) in [7, 11) is -73.4. The summed E-state index contributed by atoms with van der Waals surface area (Å²) in [6.07, 6.45) is -2.40. The van der Waals surface area contributed by atoms with Gasteiger partial charge in [-0.25, -0.2) is 64.4 Å². The molecule has 2 aromatic rings. The summed E-state index contributed by atoms with van der Waals surface area (Å²) in [5, 5.41) is 26.9. The number of ether oxygens (including phenoxy) is 3. The molecule has 1 saturated carbocycles. The van der Waals surface area contributed by atoms with Crippen LogP contribution in [-0.2, 0) is 149 Å². The number of phosphoric ester groups is 4. The van der Waals surface area contributed by atoms with Crippen LogP contribution < -0.4 is 28.2 Å². The summed E-state index contributed by atoms with van der Waals surface area (Å²) in [5.41, 5.74) is 18.4. The molecule has 3 fully saturated rings. The van der Waals surface area contributed by atoms with Gasteiger partial charge in [-0.05, 0) is 70.0 Å². The summed E-state index contributed by atoms with van der Waals surface area (Å²) < 4.78 is 216. The molecule has 0 spiro atoms. The lowest BCUT2D eigenvalue weighted by atomic mass is 10.1. The second-order valence-electron chi connectivity index (χ2n) is 24.2. The van der Waals surface area contributed by atoms with Gasteiger partial charge in [-0.2, -0.15) is 43.1 Å². The van der Waals surface area contributed by atoms with Gasteiger partial charge in [-0.3, -0.25) is 66.0 Å². The monoisotopic (exact) mass is 1980 g/mol. The molecule has 2 aliphatic heterocycles. The van der Waals surface area contributed by atoms with Crippen LogP contribution >= 0.6 is 93.9 Å². The van der Waals surface area contributed by atoms with Crippen LogP contribution in [0.25, 0.3) is 20.9 Å². The maximum Gasteiger partial charge on any atom is 0.490 e. The number of aliphatic hydroxyl groups is 2. The molecule has 120 heavy (non-hydrogen) atoms. The third-order valence-electron chi connectivity index (χ3n) is 14.3.